The lowest BCUT2D eigenvalue weighted by Gasteiger charge is -2.38. The highest BCUT2D eigenvalue weighted by Gasteiger charge is 2.31. The molecule has 2 unspecified atom stereocenters. The van der Waals surface area contributed by atoms with Gasteiger partial charge >= 0.3 is 0 Å². The Bertz CT molecular complexity index is 269. The first-order valence-corrected chi connectivity index (χ1v) is 7.12. The molecule has 0 spiro atoms. The standard InChI is InChI=1S/C14H28N2O2/c1-5-14(4)10-12(7-9-18-14)15-8-6-13(17)16-11(2)3/h11-12,15H,5-10H2,1-4H3,(H,16,17). The van der Waals surface area contributed by atoms with Gasteiger partial charge in [0.2, 0.25) is 5.91 Å². The summed E-state index contributed by atoms with van der Waals surface area (Å²) in [7, 11) is 0. The molecule has 1 aliphatic heterocycles. The molecule has 1 amide bonds. The summed E-state index contributed by atoms with van der Waals surface area (Å²) in [5, 5.41) is 6.38. The van der Waals surface area contributed by atoms with Gasteiger partial charge in [0, 0.05) is 31.7 Å². The lowest BCUT2D eigenvalue weighted by Crippen LogP contribution is -2.45. The highest BCUT2D eigenvalue weighted by atomic mass is 16.5. The third-order valence-corrected chi connectivity index (χ3v) is 3.58. The van der Waals surface area contributed by atoms with Crippen molar-refractivity contribution in [1.29, 1.82) is 0 Å². The summed E-state index contributed by atoms with van der Waals surface area (Å²) in [5.41, 5.74) is 0.0100. The maximum atomic E-state index is 11.5. The van der Waals surface area contributed by atoms with E-state index in [1.165, 1.54) is 0 Å². The molecule has 0 aromatic rings. The van der Waals surface area contributed by atoms with Gasteiger partial charge in [-0.25, -0.2) is 0 Å². The topological polar surface area (TPSA) is 50.4 Å². The third-order valence-electron chi connectivity index (χ3n) is 3.58. The summed E-state index contributed by atoms with van der Waals surface area (Å²) in [4.78, 5) is 11.5. The molecule has 2 N–H and O–H groups in total. The zero-order valence-electron chi connectivity index (χ0n) is 12.2. The van der Waals surface area contributed by atoms with E-state index in [-0.39, 0.29) is 17.6 Å². The number of amides is 1. The third kappa shape index (κ3) is 5.36. The molecule has 1 heterocycles. The first-order chi connectivity index (χ1) is 8.45. The van der Waals surface area contributed by atoms with Gasteiger partial charge in [-0.05, 0) is 40.0 Å². The molecule has 0 saturated carbocycles. The van der Waals surface area contributed by atoms with E-state index in [0.29, 0.717) is 12.5 Å². The summed E-state index contributed by atoms with van der Waals surface area (Å²) in [6, 6.07) is 0.708. The predicted octanol–water partition coefficient (Wildman–Crippen LogP) is 1.84. The second-order valence-electron chi connectivity index (χ2n) is 5.77. The minimum atomic E-state index is 0.0100. The van der Waals surface area contributed by atoms with E-state index in [0.717, 1.165) is 32.4 Å². The van der Waals surface area contributed by atoms with Gasteiger partial charge in [-0.3, -0.25) is 4.79 Å². The van der Waals surface area contributed by atoms with E-state index in [9.17, 15) is 4.79 Å². The molecule has 4 nitrogen and oxygen atoms in total. The molecule has 0 radical (unpaired) electrons. The van der Waals surface area contributed by atoms with Crippen molar-refractivity contribution < 1.29 is 9.53 Å². The van der Waals surface area contributed by atoms with Gasteiger partial charge in [0.25, 0.3) is 0 Å². The molecular formula is C14H28N2O2. The van der Waals surface area contributed by atoms with E-state index < -0.39 is 0 Å². The van der Waals surface area contributed by atoms with Crippen LogP contribution in [-0.2, 0) is 9.53 Å². The lowest BCUT2D eigenvalue weighted by molar-refractivity contribution is -0.121. The van der Waals surface area contributed by atoms with Crippen LogP contribution in [0.5, 0.6) is 0 Å². The molecule has 1 fully saturated rings. The van der Waals surface area contributed by atoms with Crippen molar-refractivity contribution in [3.63, 3.8) is 0 Å². The fourth-order valence-corrected chi connectivity index (χ4v) is 2.33. The monoisotopic (exact) mass is 256 g/mol. The van der Waals surface area contributed by atoms with E-state index in [1.807, 2.05) is 13.8 Å². The van der Waals surface area contributed by atoms with Crippen LogP contribution < -0.4 is 10.6 Å². The van der Waals surface area contributed by atoms with Crippen molar-refractivity contribution in [1.82, 2.24) is 10.6 Å². The zero-order valence-corrected chi connectivity index (χ0v) is 12.2. The first-order valence-electron chi connectivity index (χ1n) is 7.12. The smallest absolute Gasteiger partial charge is 0.221 e. The lowest BCUT2D eigenvalue weighted by atomic mass is 9.90. The second kappa shape index (κ2) is 7.10. The second-order valence-corrected chi connectivity index (χ2v) is 5.77. The maximum absolute atomic E-state index is 11.5. The average Bonchev–Trinajstić information content (AvgIpc) is 2.28. The van der Waals surface area contributed by atoms with Gasteiger partial charge < -0.3 is 15.4 Å². The quantitative estimate of drug-likeness (QED) is 0.762. The molecule has 0 aromatic heterocycles. The van der Waals surface area contributed by atoms with Crippen molar-refractivity contribution in [2.24, 2.45) is 0 Å². The van der Waals surface area contributed by atoms with Crippen LogP contribution in [0.15, 0.2) is 0 Å². The molecule has 1 aliphatic rings. The Balaban J connectivity index is 2.21. The van der Waals surface area contributed by atoms with Gasteiger partial charge in [0.15, 0.2) is 0 Å². The van der Waals surface area contributed by atoms with Crippen LogP contribution in [0.4, 0.5) is 0 Å². The number of carbonyl (C=O) groups excluding carboxylic acids is 1. The molecule has 0 aliphatic carbocycles. The number of hydrogen-bond acceptors (Lipinski definition) is 3. The highest BCUT2D eigenvalue weighted by Crippen LogP contribution is 2.27. The summed E-state index contributed by atoms with van der Waals surface area (Å²) in [5.74, 6) is 0.128. The molecule has 2 atom stereocenters. The van der Waals surface area contributed by atoms with Crippen molar-refractivity contribution in [2.75, 3.05) is 13.2 Å². The van der Waals surface area contributed by atoms with E-state index in [1.54, 1.807) is 0 Å². The average molecular weight is 256 g/mol. The molecule has 1 saturated heterocycles. The van der Waals surface area contributed by atoms with Crippen LogP contribution in [0, 0.1) is 0 Å². The van der Waals surface area contributed by atoms with Crippen molar-refractivity contribution in [3.05, 3.63) is 0 Å². The fraction of sp³-hybridized carbons (Fsp3) is 0.929. The van der Waals surface area contributed by atoms with Gasteiger partial charge in [0.05, 0.1) is 5.60 Å². The molecule has 0 aromatic carbocycles. The Labute approximate surface area is 111 Å². The molecule has 4 heteroatoms. The minimum Gasteiger partial charge on any atom is -0.375 e. The number of nitrogens with one attached hydrogen (secondary N) is 2. The summed E-state index contributed by atoms with van der Waals surface area (Å²) in [6.07, 6.45) is 3.67. The van der Waals surface area contributed by atoms with Gasteiger partial charge in [0.1, 0.15) is 0 Å². The Kier molecular flexibility index (Phi) is 6.09. The van der Waals surface area contributed by atoms with Gasteiger partial charge in [-0.2, -0.15) is 0 Å². The number of hydrogen-bond donors (Lipinski definition) is 2. The van der Waals surface area contributed by atoms with Gasteiger partial charge in [-0.1, -0.05) is 6.92 Å². The van der Waals surface area contributed by atoms with Crippen molar-refractivity contribution in [3.8, 4) is 0 Å². The van der Waals surface area contributed by atoms with E-state index in [4.69, 9.17) is 4.74 Å². The summed E-state index contributed by atoms with van der Waals surface area (Å²) < 4.78 is 5.81. The molecule has 0 bridgehead atoms. The Morgan fingerprint density at radius 1 is 1.50 bits per heavy atom. The molecule has 106 valence electrons. The van der Waals surface area contributed by atoms with Crippen molar-refractivity contribution in [2.45, 2.75) is 71.1 Å². The Morgan fingerprint density at radius 3 is 2.83 bits per heavy atom. The van der Waals surface area contributed by atoms with Crippen LogP contribution in [-0.4, -0.2) is 36.7 Å². The first kappa shape index (κ1) is 15.4. The number of carbonyl (C=O) groups is 1. The van der Waals surface area contributed by atoms with E-state index in [2.05, 4.69) is 24.5 Å². The summed E-state index contributed by atoms with van der Waals surface area (Å²) >= 11 is 0. The van der Waals surface area contributed by atoms with E-state index >= 15 is 0 Å². The molecular weight excluding hydrogens is 228 g/mol. The molecule has 1 rings (SSSR count). The Hall–Kier alpha value is -0.610. The summed E-state index contributed by atoms with van der Waals surface area (Å²) in [6.45, 7) is 9.88. The number of ether oxygens (including phenoxy) is 1. The van der Waals surface area contributed by atoms with Crippen LogP contribution in [0.2, 0.25) is 0 Å². The Morgan fingerprint density at radius 2 is 2.22 bits per heavy atom. The highest BCUT2D eigenvalue weighted by molar-refractivity contribution is 5.76. The van der Waals surface area contributed by atoms with Gasteiger partial charge in [-0.15, -0.1) is 0 Å². The van der Waals surface area contributed by atoms with Crippen LogP contribution >= 0.6 is 0 Å². The van der Waals surface area contributed by atoms with Crippen LogP contribution in [0.25, 0.3) is 0 Å². The predicted molar refractivity (Wildman–Crippen MR) is 73.6 cm³/mol. The van der Waals surface area contributed by atoms with Crippen LogP contribution in [0.1, 0.15) is 53.4 Å². The molecule has 18 heavy (non-hydrogen) atoms. The fourth-order valence-electron chi connectivity index (χ4n) is 2.33. The van der Waals surface area contributed by atoms with Crippen molar-refractivity contribution >= 4 is 5.91 Å². The minimum absolute atomic E-state index is 0.0100. The normalized spacial score (nSPS) is 28.4. The number of rotatable bonds is 6. The largest absolute Gasteiger partial charge is 0.375 e. The zero-order chi connectivity index (χ0) is 13.6. The SMILES string of the molecule is CCC1(C)CC(NCCC(=O)NC(C)C)CCO1. The van der Waals surface area contributed by atoms with Crippen LogP contribution in [0.3, 0.4) is 0 Å². The maximum Gasteiger partial charge on any atom is 0.221 e.